The molecule has 0 saturated heterocycles. The van der Waals surface area contributed by atoms with E-state index in [-0.39, 0.29) is 0 Å². The second-order valence-corrected chi connectivity index (χ2v) is 6.01. The standard InChI is InChI=1S/C21H20/c1-4-10-16-11-5-2-9-15-20-18-13-7-3-6-12-17(18)19(14-8-1)21(16)20/h1,3-8,10-12,14,20H,2,9,13,15H2/b4-1-,8-1?,10-4?,11-5-,14-8?,16-10-,19-14?,21-16?. The van der Waals surface area contributed by atoms with Gasteiger partial charge < -0.3 is 0 Å². The Labute approximate surface area is 126 Å². The van der Waals surface area contributed by atoms with Crippen molar-refractivity contribution in [2.24, 2.45) is 5.92 Å². The molecule has 0 amide bonds. The van der Waals surface area contributed by atoms with Gasteiger partial charge in [-0.05, 0) is 48.0 Å². The Morgan fingerprint density at radius 2 is 1.71 bits per heavy atom. The minimum atomic E-state index is 0.606. The average molecular weight is 272 g/mol. The van der Waals surface area contributed by atoms with Crippen LogP contribution in [0.1, 0.15) is 25.7 Å². The summed E-state index contributed by atoms with van der Waals surface area (Å²) in [5.41, 5.74) is 7.49. The van der Waals surface area contributed by atoms with Crippen LogP contribution in [-0.2, 0) is 0 Å². The van der Waals surface area contributed by atoms with Gasteiger partial charge in [-0.15, -0.1) is 0 Å². The molecule has 4 aliphatic carbocycles. The van der Waals surface area contributed by atoms with Gasteiger partial charge in [0.1, 0.15) is 0 Å². The van der Waals surface area contributed by atoms with Crippen molar-refractivity contribution in [2.45, 2.75) is 25.7 Å². The Morgan fingerprint density at radius 3 is 2.71 bits per heavy atom. The summed E-state index contributed by atoms with van der Waals surface area (Å²) < 4.78 is 0. The van der Waals surface area contributed by atoms with Gasteiger partial charge in [0.15, 0.2) is 0 Å². The molecule has 1 atom stereocenters. The first-order chi connectivity index (χ1) is 10.4. The number of fused-ring (bicyclic) bond motifs is 2. The van der Waals surface area contributed by atoms with Gasteiger partial charge in [0.2, 0.25) is 0 Å². The Bertz CT molecular complexity index is 696. The number of hydrogen-bond acceptors (Lipinski definition) is 0. The van der Waals surface area contributed by atoms with Crippen molar-refractivity contribution in [1.82, 2.24) is 0 Å². The highest BCUT2D eigenvalue weighted by atomic mass is 14.4. The van der Waals surface area contributed by atoms with Crippen LogP contribution in [0.25, 0.3) is 0 Å². The van der Waals surface area contributed by atoms with Crippen LogP contribution in [0.2, 0.25) is 0 Å². The lowest BCUT2D eigenvalue weighted by Gasteiger charge is -2.22. The van der Waals surface area contributed by atoms with Gasteiger partial charge in [-0.25, -0.2) is 0 Å². The summed E-state index contributed by atoms with van der Waals surface area (Å²) in [5.74, 6) is 0.606. The predicted molar refractivity (Wildman–Crippen MR) is 89.8 cm³/mol. The Hall–Kier alpha value is -2.08. The summed E-state index contributed by atoms with van der Waals surface area (Å²) in [6.45, 7) is 0. The van der Waals surface area contributed by atoms with E-state index in [1.807, 2.05) is 0 Å². The SMILES string of the molecule is C1=CCC2=C(C=C1)C1=C3C(=C\C=C/C=C1)/C=C\CCCC23. The van der Waals surface area contributed by atoms with E-state index >= 15 is 0 Å². The van der Waals surface area contributed by atoms with Gasteiger partial charge in [0.25, 0.3) is 0 Å². The third-order valence-corrected chi connectivity index (χ3v) is 4.78. The van der Waals surface area contributed by atoms with Gasteiger partial charge in [0.05, 0.1) is 0 Å². The van der Waals surface area contributed by atoms with Crippen LogP contribution in [0.15, 0.2) is 94.7 Å². The lowest BCUT2D eigenvalue weighted by Crippen LogP contribution is -2.08. The van der Waals surface area contributed by atoms with Crippen LogP contribution in [0.5, 0.6) is 0 Å². The molecule has 4 aliphatic rings. The maximum atomic E-state index is 2.34. The van der Waals surface area contributed by atoms with Crippen LogP contribution in [0.4, 0.5) is 0 Å². The number of allylic oxidation sites excluding steroid dienone is 16. The molecule has 0 radical (unpaired) electrons. The van der Waals surface area contributed by atoms with Crippen molar-refractivity contribution in [3.63, 3.8) is 0 Å². The summed E-state index contributed by atoms with van der Waals surface area (Å²) in [6.07, 6.45) is 29.6. The van der Waals surface area contributed by atoms with Crippen LogP contribution >= 0.6 is 0 Å². The first-order valence-corrected chi connectivity index (χ1v) is 7.98. The molecule has 0 fully saturated rings. The van der Waals surface area contributed by atoms with Crippen molar-refractivity contribution in [1.29, 1.82) is 0 Å². The zero-order valence-corrected chi connectivity index (χ0v) is 12.3. The van der Waals surface area contributed by atoms with Crippen LogP contribution in [0, 0.1) is 5.92 Å². The molecular weight excluding hydrogens is 252 g/mol. The van der Waals surface area contributed by atoms with Crippen LogP contribution in [0.3, 0.4) is 0 Å². The van der Waals surface area contributed by atoms with Crippen molar-refractivity contribution in [2.75, 3.05) is 0 Å². The molecule has 0 bridgehead atoms. The van der Waals surface area contributed by atoms with Crippen LogP contribution < -0.4 is 0 Å². The lowest BCUT2D eigenvalue weighted by atomic mass is 9.82. The van der Waals surface area contributed by atoms with Gasteiger partial charge in [-0.2, -0.15) is 0 Å². The van der Waals surface area contributed by atoms with E-state index in [0.717, 1.165) is 6.42 Å². The Kier molecular flexibility index (Phi) is 3.23. The normalized spacial score (nSPS) is 32.2. The van der Waals surface area contributed by atoms with Gasteiger partial charge in [-0.1, -0.05) is 72.4 Å². The second-order valence-electron chi connectivity index (χ2n) is 6.01. The highest BCUT2D eigenvalue weighted by molar-refractivity contribution is 5.68. The minimum Gasteiger partial charge on any atom is -0.0839 e. The fraction of sp³-hybridized carbons (Fsp3) is 0.238. The highest BCUT2D eigenvalue weighted by Crippen LogP contribution is 2.47. The summed E-state index contributed by atoms with van der Waals surface area (Å²) in [5, 5.41) is 0. The second kappa shape index (κ2) is 5.37. The number of hydrogen-bond donors (Lipinski definition) is 0. The maximum absolute atomic E-state index is 2.34. The zero-order chi connectivity index (χ0) is 14.1. The Morgan fingerprint density at radius 1 is 0.810 bits per heavy atom. The van der Waals surface area contributed by atoms with Gasteiger partial charge in [0, 0.05) is 5.92 Å². The first-order valence-electron chi connectivity index (χ1n) is 7.98. The Balaban J connectivity index is 1.93. The van der Waals surface area contributed by atoms with E-state index in [4.69, 9.17) is 0 Å². The lowest BCUT2D eigenvalue weighted by molar-refractivity contribution is 0.605. The molecule has 0 aromatic carbocycles. The third-order valence-electron chi connectivity index (χ3n) is 4.78. The molecule has 0 saturated carbocycles. The van der Waals surface area contributed by atoms with E-state index in [9.17, 15) is 0 Å². The topological polar surface area (TPSA) is 0 Å². The fourth-order valence-corrected chi connectivity index (χ4v) is 3.86. The fourth-order valence-electron chi connectivity index (χ4n) is 3.86. The molecule has 0 nitrogen and oxygen atoms in total. The molecule has 0 spiro atoms. The molecular formula is C21H20. The summed E-state index contributed by atoms with van der Waals surface area (Å²) in [4.78, 5) is 0. The van der Waals surface area contributed by atoms with E-state index < -0.39 is 0 Å². The molecule has 104 valence electrons. The van der Waals surface area contributed by atoms with Crippen molar-refractivity contribution >= 4 is 0 Å². The highest BCUT2D eigenvalue weighted by Gasteiger charge is 2.32. The monoisotopic (exact) mass is 272 g/mol. The quantitative estimate of drug-likeness (QED) is 0.545. The molecule has 4 rings (SSSR count). The molecule has 0 heterocycles. The predicted octanol–water partition coefficient (Wildman–Crippen LogP) is 5.52. The number of rotatable bonds is 0. The van der Waals surface area contributed by atoms with E-state index in [1.165, 1.54) is 36.0 Å². The van der Waals surface area contributed by atoms with E-state index in [1.54, 1.807) is 11.1 Å². The van der Waals surface area contributed by atoms with Crippen molar-refractivity contribution in [3.8, 4) is 0 Å². The molecule has 0 aliphatic heterocycles. The molecule has 0 N–H and O–H groups in total. The third kappa shape index (κ3) is 2.15. The smallest absolute Gasteiger partial charge is 0.00727 e. The summed E-state index contributed by atoms with van der Waals surface area (Å²) in [6, 6.07) is 0. The first kappa shape index (κ1) is 12.6. The van der Waals surface area contributed by atoms with Crippen LogP contribution in [-0.4, -0.2) is 0 Å². The van der Waals surface area contributed by atoms with E-state index in [0.29, 0.717) is 5.92 Å². The van der Waals surface area contributed by atoms with E-state index in [2.05, 4.69) is 66.8 Å². The van der Waals surface area contributed by atoms with Crippen molar-refractivity contribution < 1.29 is 0 Å². The largest absolute Gasteiger partial charge is 0.0839 e. The van der Waals surface area contributed by atoms with Crippen molar-refractivity contribution in [3.05, 3.63) is 94.7 Å². The van der Waals surface area contributed by atoms with Gasteiger partial charge in [-0.3, -0.25) is 0 Å². The minimum absolute atomic E-state index is 0.606. The average Bonchev–Trinajstić information content (AvgIpc) is 2.63. The summed E-state index contributed by atoms with van der Waals surface area (Å²) in [7, 11) is 0. The molecule has 0 aromatic rings. The van der Waals surface area contributed by atoms with Gasteiger partial charge >= 0.3 is 0 Å². The summed E-state index contributed by atoms with van der Waals surface area (Å²) >= 11 is 0. The molecule has 0 heteroatoms. The molecule has 1 unspecified atom stereocenters. The molecule has 21 heavy (non-hydrogen) atoms. The zero-order valence-electron chi connectivity index (χ0n) is 12.3. The maximum Gasteiger partial charge on any atom is 0.00727 e. The molecule has 0 aromatic heterocycles.